The lowest BCUT2D eigenvalue weighted by atomic mass is 10.2. The highest BCUT2D eigenvalue weighted by molar-refractivity contribution is 5.87. The molecule has 7 heteroatoms. The highest BCUT2D eigenvalue weighted by Gasteiger charge is 2.14. The Kier molecular flexibility index (Phi) is 2.52. The summed E-state index contributed by atoms with van der Waals surface area (Å²) in [5, 5.41) is 17.3. The van der Waals surface area contributed by atoms with Crippen LogP contribution in [0.15, 0.2) is 30.7 Å². The van der Waals surface area contributed by atoms with Crippen molar-refractivity contribution in [2.24, 2.45) is 0 Å². The molecular weight excluding hydrogens is 246 g/mol. The van der Waals surface area contributed by atoms with Crippen LogP contribution in [0.1, 0.15) is 17.4 Å². The normalized spacial score (nSPS) is 11.0. The van der Waals surface area contributed by atoms with Crippen molar-refractivity contribution in [2.75, 3.05) is 0 Å². The number of carbonyl (C=O) groups is 1. The maximum Gasteiger partial charge on any atom is 0.354 e. The second kappa shape index (κ2) is 4.20. The molecule has 96 valence electrons. The van der Waals surface area contributed by atoms with Crippen molar-refractivity contribution in [3.63, 3.8) is 0 Å². The summed E-state index contributed by atoms with van der Waals surface area (Å²) in [7, 11) is 0. The van der Waals surface area contributed by atoms with Crippen LogP contribution in [0.5, 0.6) is 0 Å². The largest absolute Gasteiger partial charge is 0.477 e. The van der Waals surface area contributed by atoms with E-state index in [2.05, 4.69) is 15.2 Å². The molecule has 3 heterocycles. The first-order chi connectivity index (χ1) is 9.19. The Balaban J connectivity index is 2.21. The molecule has 0 radical (unpaired) electrons. The molecule has 3 aromatic heterocycles. The number of aryl methyl sites for hydroxylation is 1. The quantitative estimate of drug-likeness (QED) is 0.764. The van der Waals surface area contributed by atoms with E-state index in [1.165, 1.54) is 16.8 Å². The van der Waals surface area contributed by atoms with E-state index in [-0.39, 0.29) is 5.69 Å². The van der Waals surface area contributed by atoms with Gasteiger partial charge >= 0.3 is 5.97 Å². The third-order valence-electron chi connectivity index (χ3n) is 2.83. The van der Waals surface area contributed by atoms with E-state index in [1.807, 2.05) is 13.1 Å². The average Bonchev–Trinajstić information content (AvgIpc) is 3.05. The Morgan fingerprint density at radius 1 is 1.42 bits per heavy atom. The fourth-order valence-corrected chi connectivity index (χ4v) is 1.88. The van der Waals surface area contributed by atoms with Crippen LogP contribution in [0, 0.1) is 0 Å². The number of aromatic nitrogens is 5. The predicted molar refractivity (Wildman–Crippen MR) is 66.8 cm³/mol. The summed E-state index contributed by atoms with van der Waals surface area (Å²) in [6.07, 6.45) is 5.03. The van der Waals surface area contributed by atoms with Gasteiger partial charge in [0.25, 0.3) is 0 Å². The molecule has 3 rings (SSSR count). The molecule has 7 nitrogen and oxygen atoms in total. The summed E-state index contributed by atoms with van der Waals surface area (Å²) in [4.78, 5) is 15.6. The summed E-state index contributed by atoms with van der Waals surface area (Å²) in [5.74, 6) is -1.04. The predicted octanol–water partition coefficient (Wildman–Crippen LogP) is 1.31. The van der Waals surface area contributed by atoms with E-state index in [1.54, 1.807) is 16.9 Å². The van der Waals surface area contributed by atoms with Crippen molar-refractivity contribution in [2.45, 2.75) is 13.5 Å². The molecule has 0 unspecified atom stereocenters. The Hall–Kier alpha value is -2.70. The minimum atomic E-state index is -1.04. The number of hydrogen-bond donors (Lipinski definition) is 1. The van der Waals surface area contributed by atoms with E-state index in [0.29, 0.717) is 11.3 Å². The molecule has 0 saturated heterocycles. The van der Waals surface area contributed by atoms with Crippen LogP contribution in [-0.2, 0) is 6.54 Å². The molecule has 0 aliphatic heterocycles. The SMILES string of the molecule is CCn1cc(-c2cc(C(=O)O)n3nccc3n2)cn1. The van der Waals surface area contributed by atoms with Crippen molar-refractivity contribution in [3.05, 3.63) is 36.4 Å². The molecule has 0 amide bonds. The van der Waals surface area contributed by atoms with Gasteiger partial charge in [-0.25, -0.2) is 14.3 Å². The van der Waals surface area contributed by atoms with E-state index >= 15 is 0 Å². The lowest BCUT2D eigenvalue weighted by molar-refractivity contribution is 0.0687. The Bertz CT molecular complexity index is 758. The topological polar surface area (TPSA) is 85.3 Å². The van der Waals surface area contributed by atoms with Crippen LogP contribution in [0.4, 0.5) is 0 Å². The molecule has 0 aromatic carbocycles. The average molecular weight is 257 g/mol. The lowest BCUT2D eigenvalue weighted by Crippen LogP contribution is -2.07. The van der Waals surface area contributed by atoms with Gasteiger partial charge < -0.3 is 5.11 Å². The highest BCUT2D eigenvalue weighted by atomic mass is 16.4. The first-order valence-corrected chi connectivity index (χ1v) is 5.80. The maximum absolute atomic E-state index is 11.2. The van der Waals surface area contributed by atoms with Crippen molar-refractivity contribution in [3.8, 4) is 11.3 Å². The summed E-state index contributed by atoms with van der Waals surface area (Å²) in [5.41, 5.74) is 1.94. The molecule has 0 spiro atoms. The van der Waals surface area contributed by atoms with Gasteiger partial charge in [0, 0.05) is 24.4 Å². The van der Waals surface area contributed by atoms with Crippen molar-refractivity contribution in [1.29, 1.82) is 0 Å². The summed E-state index contributed by atoms with van der Waals surface area (Å²) in [6.45, 7) is 2.73. The van der Waals surface area contributed by atoms with Crippen LogP contribution in [0.2, 0.25) is 0 Å². The van der Waals surface area contributed by atoms with E-state index in [4.69, 9.17) is 0 Å². The molecular formula is C12H11N5O2. The van der Waals surface area contributed by atoms with Gasteiger partial charge in [-0.3, -0.25) is 4.68 Å². The highest BCUT2D eigenvalue weighted by Crippen LogP contribution is 2.19. The van der Waals surface area contributed by atoms with Gasteiger partial charge in [0.2, 0.25) is 0 Å². The molecule has 0 atom stereocenters. The van der Waals surface area contributed by atoms with Crippen LogP contribution >= 0.6 is 0 Å². The Morgan fingerprint density at radius 3 is 2.95 bits per heavy atom. The van der Waals surface area contributed by atoms with Gasteiger partial charge in [-0.15, -0.1) is 0 Å². The van der Waals surface area contributed by atoms with Gasteiger partial charge in [0.05, 0.1) is 18.1 Å². The van der Waals surface area contributed by atoms with Crippen LogP contribution in [-0.4, -0.2) is 35.5 Å². The van der Waals surface area contributed by atoms with E-state index < -0.39 is 5.97 Å². The lowest BCUT2D eigenvalue weighted by Gasteiger charge is -2.02. The number of nitrogens with zero attached hydrogens (tertiary/aromatic N) is 5. The number of aromatic carboxylic acids is 1. The summed E-state index contributed by atoms with van der Waals surface area (Å²) >= 11 is 0. The molecule has 0 fully saturated rings. The molecule has 19 heavy (non-hydrogen) atoms. The molecule has 3 aromatic rings. The first kappa shape index (κ1) is 11.4. The molecule has 0 bridgehead atoms. The Morgan fingerprint density at radius 2 is 2.26 bits per heavy atom. The van der Waals surface area contributed by atoms with Crippen molar-refractivity contribution >= 4 is 11.6 Å². The van der Waals surface area contributed by atoms with Gasteiger partial charge in [-0.1, -0.05) is 0 Å². The van der Waals surface area contributed by atoms with Crippen molar-refractivity contribution in [1.82, 2.24) is 24.4 Å². The number of fused-ring (bicyclic) bond motifs is 1. The number of carboxylic acid groups (broad SMARTS) is 1. The molecule has 0 aliphatic rings. The number of rotatable bonds is 3. The molecule has 0 aliphatic carbocycles. The van der Waals surface area contributed by atoms with Crippen LogP contribution in [0.3, 0.4) is 0 Å². The summed E-state index contributed by atoms with van der Waals surface area (Å²) < 4.78 is 3.06. The summed E-state index contributed by atoms with van der Waals surface area (Å²) in [6, 6.07) is 3.17. The minimum Gasteiger partial charge on any atom is -0.477 e. The van der Waals surface area contributed by atoms with Gasteiger partial charge in [0.15, 0.2) is 11.3 Å². The van der Waals surface area contributed by atoms with Crippen molar-refractivity contribution < 1.29 is 9.90 Å². The first-order valence-electron chi connectivity index (χ1n) is 5.80. The fourth-order valence-electron chi connectivity index (χ4n) is 1.88. The molecule has 0 saturated carbocycles. The standard InChI is InChI=1S/C12H11N5O2/c1-2-16-7-8(6-14-16)9-5-10(12(18)19)17-11(15-9)3-4-13-17/h3-7H,2H2,1H3,(H,18,19). The second-order valence-electron chi connectivity index (χ2n) is 4.02. The maximum atomic E-state index is 11.2. The van der Waals surface area contributed by atoms with Gasteiger partial charge in [-0.2, -0.15) is 10.2 Å². The van der Waals surface area contributed by atoms with Crippen LogP contribution in [0.25, 0.3) is 16.9 Å². The third-order valence-corrected chi connectivity index (χ3v) is 2.83. The third kappa shape index (κ3) is 1.85. The monoisotopic (exact) mass is 257 g/mol. The Labute approximate surface area is 108 Å². The van der Waals surface area contributed by atoms with Gasteiger partial charge in [-0.05, 0) is 13.0 Å². The minimum absolute atomic E-state index is 0.0780. The zero-order chi connectivity index (χ0) is 13.4. The van der Waals surface area contributed by atoms with E-state index in [0.717, 1.165) is 12.1 Å². The van der Waals surface area contributed by atoms with Gasteiger partial charge in [0.1, 0.15) is 0 Å². The number of hydrogen-bond acceptors (Lipinski definition) is 4. The number of carboxylic acids is 1. The molecule has 1 N–H and O–H groups in total. The second-order valence-corrected chi connectivity index (χ2v) is 4.02. The fraction of sp³-hybridized carbons (Fsp3) is 0.167. The van der Waals surface area contributed by atoms with E-state index in [9.17, 15) is 9.90 Å². The van der Waals surface area contributed by atoms with Crippen LogP contribution < -0.4 is 0 Å². The zero-order valence-corrected chi connectivity index (χ0v) is 10.2. The smallest absolute Gasteiger partial charge is 0.354 e. The zero-order valence-electron chi connectivity index (χ0n) is 10.2.